The van der Waals surface area contributed by atoms with E-state index < -0.39 is 0 Å². The molecule has 0 rings (SSSR count). The first-order valence-corrected chi connectivity index (χ1v) is 6.09. The van der Waals surface area contributed by atoms with Crippen molar-refractivity contribution in [3.05, 3.63) is 24.3 Å². The summed E-state index contributed by atoms with van der Waals surface area (Å²) in [6, 6.07) is 0. The van der Waals surface area contributed by atoms with Gasteiger partial charge in [0.15, 0.2) is 0 Å². The highest BCUT2D eigenvalue weighted by Crippen LogP contribution is 1.74. The van der Waals surface area contributed by atoms with Gasteiger partial charge in [-0.25, -0.2) is 0 Å². The Kier molecular flexibility index (Phi) is 283. The minimum absolute atomic E-state index is 0. The number of hydrogen-bond acceptors (Lipinski definition) is 0. The van der Waals surface area contributed by atoms with E-state index in [2.05, 4.69) is 13.2 Å². The van der Waals surface area contributed by atoms with Crippen molar-refractivity contribution < 1.29 is 4.39 Å². The van der Waals surface area contributed by atoms with Crippen LogP contribution in [0.3, 0.4) is 0 Å². The maximum absolute atomic E-state index is 9.50. The lowest BCUT2D eigenvalue weighted by atomic mass is 10.4. The van der Waals surface area contributed by atoms with Crippen LogP contribution in [0, 0.1) is 0 Å². The summed E-state index contributed by atoms with van der Waals surface area (Å²) in [4.78, 5) is 0. The molecular weight excluding hydrogens is 211 g/mol. The average molecular weight is 253 g/mol. The Balaban J connectivity index is -0.0000000146. The first-order chi connectivity index (χ1) is 7.46. The second-order valence-electron chi connectivity index (χ2n) is 2.41. The van der Waals surface area contributed by atoms with Crippen LogP contribution in [0.2, 0.25) is 0 Å². The maximum atomic E-state index is 9.50. The van der Waals surface area contributed by atoms with Gasteiger partial charge in [0, 0.05) is 0 Å². The minimum atomic E-state index is 0. The fourth-order valence-corrected chi connectivity index (χ4v) is 0. The first-order valence-electron chi connectivity index (χ1n) is 6.09. The highest BCUT2D eigenvalue weighted by atomic mass is 19.1. The summed E-state index contributed by atoms with van der Waals surface area (Å²) in [5, 5.41) is 0. The van der Waals surface area contributed by atoms with Crippen LogP contribution in [-0.2, 0) is 0 Å². The van der Waals surface area contributed by atoms with Crippen molar-refractivity contribution in [3.8, 4) is 0 Å². The molecule has 112 valence electrons. The summed E-state index contributed by atoms with van der Waals surface area (Å²) in [5.41, 5.74) is 2.33. The van der Waals surface area contributed by atoms with E-state index in [0.29, 0.717) is 7.18 Å². The molecule has 0 amide bonds. The lowest BCUT2D eigenvalue weighted by Crippen LogP contribution is -1.43. The van der Waals surface area contributed by atoms with Crippen molar-refractivity contribution in [1.82, 2.24) is 0 Å². The summed E-state index contributed by atoms with van der Waals surface area (Å²) in [5.74, 6) is 0. The fourth-order valence-electron chi connectivity index (χ4n) is 0. The Labute approximate surface area is 113 Å². The zero-order valence-electron chi connectivity index (χ0n) is 13.8. The normalized spacial score (nSPS) is 4.47. The zero-order chi connectivity index (χ0) is 15.2. The van der Waals surface area contributed by atoms with E-state index in [1.807, 2.05) is 69.2 Å². The van der Waals surface area contributed by atoms with Crippen LogP contribution < -0.4 is 0 Å². The molecule has 0 heterocycles. The van der Waals surface area contributed by atoms with Crippen LogP contribution in [0.4, 0.5) is 4.39 Å². The Bertz CT molecular complexity index is 63.5. The molecule has 0 unspecified atom stereocenters. The van der Waals surface area contributed by atoms with Crippen LogP contribution in [0.25, 0.3) is 0 Å². The van der Waals surface area contributed by atoms with Gasteiger partial charge in [-0.2, -0.15) is 0 Å². The van der Waals surface area contributed by atoms with Crippen LogP contribution in [0.15, 0.2) is 24.3 Å². The highest BCUT2D eigenvalue weighted by Gasteiger charge is 1.52. The van der Waals surface area contributed by atoms with Crippen LogP contribution in [0.5, 0.6) is 0 Å². The Morgan fingerprint density at radius 1 is 0.588 bits per heavy atom. The molecule has 0 spiro atoms. The largest absolute Gasteiger partial charge is 0.255 e. The number of halogens is 1. The minimum Gasteiger partial charge on any atom is -0.255 e. The van der Waals surface area contributed by atoms with Gasteiger partial charge in [0.05, 0.1) is 7.18 Å². The van der Waals surface area contributed by atoms with Gasteiger partial charge in [0.1, 0.15) is 0 Å². The van der Waals surface area contributed by atoms with E-state index >= 15 is 0 Å². The molecular formula is C16H41F. The SMILES string of the molecule is C.C=C(C)C.C=C(C)C.CC.CC.CC.CF. The molecule has 0 nitrogen and oxygen atoms in total. The number of rotatable bonds is 0. The summed E-state index contributed by atoms with van der Waals surface area (Å²) >= 11 is 0. The van der Waals surface area contributed by atoms with E-state index in [0.717, 1.165) is 0 Å². The van der Waals surface area contributed by atoms with Gasteiger partial charge in [-0.15, -0.1) is 13.2 Å². The van der Waals surface area contributed by atoms with Crippen molar-refractivity contribution in [2.45, 2.75) is 76.7 Å². The second kappa shape index (κ2) is 109. The smallest absolute Gasteiger partial charge is 0.0785 e. The van der Waals surface area contributed by atoms with Gasteiger partial charge in [-0.1, -0.05) is 60.1 Å². The van der Waals surface area contributed by atoms with Gasteiger partial charge in [0.25, 0.3) is 0 Å². The van der Waals surface area contributed by atoms with Crippen molar-refractivity contribution in [3.63, 3.8) is 0 Å². The van der Waals surface area contributed by atoms with Crippen molar-refractivity contribution in [1.29, 1.82) is 0 Å². The molecule has 0 aromatic carbocycles. The average Bonchev–Trinajstić information content (AvgIpc) is 2.27. The standard InChI is InChI=1S/2C4H8.3C2H6.CH3F.CH4/c2*1-4(2)3;4*1-2;/h2*1H2,2-3H3;3*1-2H3;1H3;1H4. The van der Waals surface area contributed by atoms with Gasteiger partial charge in [-0.3, -0.25) is 4.39 Å². The van der Waals surface area contributed by atoms with Gasteiger partial charge < -0.3 is 0 Å². The predicted octanol–water partition coefficient (Wildman–Crippen LogP) is 7.47. The van der Waals surface area contributed by atoms with E-state index in [1.165, 1.54) is 11.1 Å². The van der Waals surface area contributed by atoms with Gasteiger partial charge in [0.2, 0.25) is 0 Å². The predicted molar refractivity (Wildman–Crippen MR) is 88.8 cm³/mol. The summed E-state index contributed by atoms with van der Waals surface area (Å²) in [6.07, 6.45) is 0. The Morgan fingerprint density at radius 3 is 0.588 bits per heavy atom. The van der Waals surface area contributed by atoms with Gasteiger partial charge >= 0.3 is 0 Å². The first kappa shape index (κ1) is 44.0. The quantitative estimate of drug-likeness (QED) is 0.392. The molecule has 0 N–H and O–H groups in total. The second-order valence-corrected chi connectivity index (χ2v) is 2.41. The van der Waals surface area contributed by atoms with E-state index in [1.54, 1.807) is 0 Å². The molecule has 0 aliphatic carbocycles. The number of alkyl halides is 1. The topological polar surface area (TPSA) is 0 Å². The van der Waals surface area contributed by atoms with E-state index in [4.69, 9.17) is 0 Å². The molecule has 0 fully saturated rings. The monoisotopic (exact) mass is 252 g/mol. The third-order valence-electron chi connectivity index (χ3n) is 0. The molecule has 0 aromatic heterocycles. The molecule has 0 aliphatic heterocycles. The van der Waals surface area contributed by atoms with Crippen molar-refractivity contribution in [2.24, 2.45) is 0 Å². The molecule has 0 aliphatic rings. The lowest BCUT2D eigenvalue weighted by molar-refractivity contribution is 0.636. The zero-order valence-corrected chi connectivity index (χ0v) is 13.8. The van der Waals surface area contributed by atoms with Crippen LogP contribution in [-0.4, -0.2) is 7.18 Å². The summed E-state index contributed by atoms with van der Waals surface area (Å²) < 4.78 is 9.50. The third-order valence-corrected chi connectivity index (χ3v) is 0. The van der Waals surface area contributed by atoms with Crippen molar-refractivity contribution >= 4 is 0 Å². The molecule has 0 saturated heterocycles. The van der Waals surface area contributed by atoms with Gasteiger partial charge in [-0.05, 0) is 27.7 Å². The molecule has 0 radical (unpaired) electrons. The van der Waals surface area contributed by atoms with E-state index in [-0.39, 0.29) is 7.43 Å². The van der Waals surface area contributed by atoms with Crippen LogP contribution >= 0.6 is 0 Å². The molecule has 0 bridgehead atoms. The third kappa shape index (κ3) is 7960. The van der Waals surface area contributed by atoms with Crippen LogP contribution in [0.1, 0.15) is 76.7 Å². The van der Waals surface area contributed by atoms with E-state index in [9.17, 15) is 4.39 Å². The summed E-state index contributed by atoms with van der Waals surface area (Å²) in [6.45, 7) is 27.0. The number of allylic oxidation sites excluding steroid dienone is 2. The highest BCUT2D eigenvalue weighted by molar-refractivity contribution is 4.79. The number of hydrogen-bond donors (Lipinski definition) is 0. The Hall–Kier alpha value is -0.590. The molecule has 17 heavy (non-hydrogen) atoms. The lowest BCUT2D eigenvalue weighted by Gasteiger charge is -1.65. The maximum Gasteiger partial charge on any atom is 0.0785 e. The summed E-state index contributed by atoms with van der Waals surface area (Å²) in [7, 11) is 0.500. The molecule has 0 atom stereocenters. The fraction of sp³-hybridized carbons (Fsp3) is 0.750. The van der Waals surface area contributed by atoms with Crippen molar-refractivity contribution in [2.75, 3.05) is 7.18 Å². The molecule has 1 heteroatoms. The molecule has 0 saturated carbocycles. The Morgan fingerprint density at radius 2 is 0.588 bits per heavy atom. The molecule has 0 aromatic rings.